The molecule has 0 unspecified atom stereocenters. The maximum Gasteiger partial charge on any atom is 0.317 e. The van der Waals surface area contributed by atoms with Gasteiger partial charge in [-0.15, -0.1) is 6.58 Å². The monoisotopic (exact) mass is 257 g/mol. The average Bonchev–Trinajstić information content (AvgIpc) is 2.29. The molecule has 0 aliphatic carbocycles. The van der Waals surface area contributed by atoms with Crippen molar-refractivity contribution in [3.8, 4) is 5.75 Å². The lowest BCUT2D eigenvalue weighted by Gasteiger charge is -2.19. The van der Waals surface area contributed by atoms with Crippen LogP contribution in [0.1, 0.15) is 5.56 Å². The van der Waals surface area contributed by atoms with E-state index in [1.807, 2.05) is 0 Å². The summed E-state index contributed by atoms with van der Waals surface area (Å²) in [5.74, 6) is -3.68. The molecule has 0 saturated carbocycles. The number of phenols is 1. The van der Waals surface area contributed by atoms with Crippen molar-refractivity contribution in [2.75, 3.05) is 13.1 Å². The maximum atomic E-state index is 13.5. The standard InChI is InChI=1S/C12H13F2NO3/c1-2-5-15(7-11(17)18)6-8-9(13)3-4-10(16)12(8)14/h2-4,16H,1,5-7H2,(H,17,18). The number of nitrogens with zero attached hydrogens (tertiary/aromatic N) is 1. The third-order valence-corrected chi connectivity index (χ3v) is 2.29. The van der Waals surface area contributed by atoms with Gasteiger partial charge in [-0.1, -0.05) is 6.08 Å². The molecule has 0 aliphatic rings. The van der Waals surface area contributed by atoms with Crippen molar-refractivity contribution >= 4 is 5.97 Å². The number of carboxylic acids is 1. The van der Waals surface area contributed by atoms with Gasteiger partial charge in [0.1, 0.15) is 5.82 Å². The Bertz CT molecular complexity index is 463. The van der Waals surface area contributed by atoms with Crippen molar-refractivity contribution < 1.29 is 23.8 Å². The van der Waals surface area contributed by atoms with Gasteiger partial charge in [-0.3, -0.25) is 9.69 Å². The molecule has 1 rings (SSSR count). The zero-order chi connectivity index (χ0) is 13.7. The van der Waals surface area contributed by atoms with Crippen molar-refractivity contribution in [2.45, 2.75) is 6.54 Å². The summed E-state index contributed by atoms with van der Waals surface area (Å²) in [7, 11) is 0. The highest BCUT2D eigenvalue weighted by Gasteiger charge is 2.17. The van der Waals surface area contributed by atoms with Crippen LogP contribution in [0, 0.1) is 11.6 Å². The predicted octanol–water partition coefficient (Wildman–Crippen LogP) is 1.74. The quantitative estimate of drug-likeness (QED) is 0.762. The van der Waals surface area contributed by atoms with E-state index in [-0.39, 0.29) is 25.2 Å². The molecule has 0 atom stereocenters. The highest BCUT2D eigenvalue weighted by atomic mass is 19.1. The molecular formula is C12H13F2NO3. The van der Waals surface area contributed by atoms with Gasteiger partial charge in [-0.25, -0.2) is 8.78 Å². The molecule has 0 aromatic heterocycles. The Morgan fingerprint density at radius 1 is 1.44 bits per heavy atom. The number of halogens is 2. The van der Waals surface area contributed by atoms with Crippen LogP contribution in [0.4, 0.5) is 8.78 Å². The fourth-order valence-electron chi connectivity index (χ4n) is 1.51. The van der Waals surface area contributed by atoms with E-state index in [0.29, 0.717) is 0 Å². The van der Waals surface area contributed by atoms with Crippen molar-refractivity contribution in [3.05, 3.63) is 42.0 Å². The van der Waals surface area contributed by atoms with E-state index >= 15 is 0 Å². The Balaban J connectivity index is 2.96. The van der Waals surface area contributed by atoms with E-state index in [0.717, 1.165) is 12.1 Å². The van der Waals surface area contributed by atoms with E-state index in [4.69, 9.17) is 10.2 Å². The van der Waals surface area contributed by atoms with Gasteiger partial charge >= 0.3 is 5.97 Å². The number of carboxylic acid groups (broad SMARTS) is 1. The highest BCUT2D eigenvalue weighted by Crippen LogP contribution is 2.23. The number of benzene rings is 1. The predicted molar refractivity (Wildman–Crippen MR) is 61.1 cm³/mol. The largest absolute Gasteiger partial charge is 0.505 e. The number of phenolic OH excluding ortho intramolecular Hbond substituents is 1. The third-order valence-electron chi connectivity index (χ3n) is 2.29. The maximum absolute atomic E-state index is 13.5. The highest BCUT2D eigenvalue weighted by molar-refractivity contribution is 5.69. The first-order valence-corrected chi connectivity index (χ1v) is 5.16. The van der Waals surface area contributed by atoms with Crippen LogP contribution in [0.5, 0.6) is 5.75 Å². The Labute approximate surface area is 103 Å². The van der Waals surface area contributed by atoms with E-state index in [2.05, 4.69) is 6.58 Å². The fraction of sp³-hybridized carbons (Fsp3) is 0.250. The second kappa shape index (κ2) is 6.11. The Morgan fingerprint density at radius 2 is 2.11 bits per heavy atom. The Morgan fingerprint density at radius 3 is 2.67 bits per heavy atom. The van der Waals surface area contributed by atoms with Crippen LogP contribution in [-0.2, 0) is 11.3 Å². The van der Waals surface area contributed by atoms with E-state index < -0.39 is 23.4 Å². The number of aromatic hydroxyl groups is 1. The molecule has 6 heteroatoms. The summed E-state index contributed by atoms with van der Waals surface area (Å²) in [6.45, 7) is 2.97. The molecule has 2 N–H and O–H groups in total. The van der Waals surface area contributed by atoms with E-state index in [1.165, 1.54) is 11.0 Å². The summed E-state index contributed by atoms with van der Waals surface area (Å²) in [5.41, 5.74) is -0.363. The Hall–Kier alpha value is -1.95. The molecule has 1 aromatic rings. The van der Waals surface area contributed by atoms with Gasteiger partial charge in [0, 0.05) is 18.7 Å². The van der Waals surface area contributed by atoms with Gasteiger partial charge in [0.2, 0.25) is 0 Å². The zero-order valence-electron chi connectivity index (χ0n) is 9.57. The molecular weight excluding hydrogens is 244 g/mol. The number of hydrogen-bond acceptors (Lipinski definition) is 3. The molecule has 0 bridgehead atoms. The van der Waals surface area contributed by atoms with Gasteiger partial charge < -0.3 is 10.2 Å². The van der Waals surface area contributed by atoms with Gasteiger partial charge in [0.25, 0.3) is 0 Å². The second-order valence-corrected chi connectivity index (χ2v) is 3.71. The molecule has 0 aliphatic heterocycles. The van der Waals surface area contributed by atoms with E-state index in [9.17, 15) is 13.6 Å². The van der Waals surface area contributed by atoms with Crippen LogP contribution < -0.4 is 0 Å². The van der Waals surface area contributed by atoms with Crippen molar-refractivity contribution in [2.24, 2.45) is 0 Å². The van der Waals surface area contributed by atoms with Crippen LogP contribution in [0.15, 0.2) is 24.8 Å². The molecule has 0 amide bonds. The average molecular weight is 257 g/mol. The minimum absolute atomic E-state index is 0.167. The SMILES string of the molecule is C=CCN(CC(=O)O)Cc1c(F)ccc(O)c1F. The van der Waals surface area contributed by atoms with Crippen molar-refractivity contribution in [1.29, 1.82) is 0 Å². The summed E-state index contributed by atoms with van der Waals surface area (Å²) < 4.78 is 26.9. The summed E-state index contributed by atoms with van der Waals surface area (Å²) in [5, 5.41) is 17.8. The molecule has 18 heavy (non-hydrogen) atoms. The summed E-state index contributed by atoms with van der Waals surface area (Å²) >= 11 is 0. The van der Waals surface area contributed by atoms with Crippen molar-refractivity contribution in [3.63, 3.8) is 0 Å². The second-order valence-electron chi connectivity index (χ2n) is 3.71. The van der Waals surface area contributed by atoms with Crippen LogP contribution >= 0.6 is 0 Å². The minimum atomic E-state index is -1.11. The number of rotatable bonds is 6. The van der Waals surface area contributed by atoms with Gasteiger partial charge in [0.05, 0.1) is 6.54 Å². The molecule has 4 nitrogen and oxygen atoms in total. The molecule has 0 fully saturated rings. The third kappa shape index (κ3) is 3.53. The van der Waals surface area contributed by atoms with Gasteiger partial charge in [0.15, 0.2) is 11.6 Å². The van der Waals surface area contributed by atoms with Gasteiger partial charge in [-0.2, -0.15) is 0 Å². The summed E-state index contributed by atoms with van der Waals surface area (Å²) in [6, 6.07) is 1.84. The lowest BCUT2D eigenvalue weighted by molar-refractivity contribution is -0.138. The first kappa shape index (κ1) is 14.1. The molecule has 98 valence electrons. The molecule has 0 radical (unpaired) electrons. The number of carbonyl (C=O) groups is 1. The smallest absolute Gasteiger partial charge is 0.317 e. The summed E-state index contributed by atoms with van der Waals surface area (Å²) in [4.78, 5) is 11.9. The molecule has 1 aromatic carbocycles. The lowest BCUT2D eigenvalue weighted by atomic mass is 10.1. The van der Waals surface area contributed by atoms with Crippen LogP contribution in [-0.4, -0.2) is 34.2 Å². The fourth-order valence-corrected chi connectivity index (χ4v) is 1.51. The van der Waals surface area contributed by atoms with Crippen LogP contribution in [0.25, 0.3) is 0 Å². The first-order valence-electron chi connectivity index (χ1n) is 5.16. The lowest BCUT2D eigenvalue weighted by Crippen LogP contribution is -2.30. The zero-order valence-corrected chi connectivity index (χ0v) is 9.57. The van der Waals surface area contributed by atoms with Crippen molar-refractivity contribution in [1.82, 2.24) is 4.90 Å². The van der Waals surface area contributed by atoms with Gasteiger partial charge in [-0.05, 0) is 12.1 Å². The number of hydrogen-bond donors (Lipinski definition) is 2. The topological polar surface area (TPSA) is 60.8 Å². The Kier molecular flexibility index (Phi) is 4.79. The first-order chi connectivity index (χ1) is 8.45. The number of aliphatic carboxylic acids is 1. The molecule has 0 saturated heterocycles. The van der Waals surface area contributed by atoms with E-state index in [1.54, 1.807) is 0 Å². The molecule has 0 spiro atoms. The van der Waals surface area contributed by atoms with Crippen LogP contribution in [0.3, 0.4) is 0 Å². The minimum Gasteiger partial charge on any atom is -0.505 e. The molecule has 0 heterocycles. The summed E-state index contributed by atoms with van der Waals surface area (Å²) in [6.07, 6.45) is 1.43. The normalized spacial score (nSPS) is 10.6. The van der Waals surface area contributed by atoms with Crippen LogP contribution in [0.2, 0.25) is 0 Å².